The number of hydrogen-bond donors (Lipinski definition) is 2. The fourth-order valence-corrected chi connectivity index (χ4v) is 2.06. The van der Waals surface area contributed by atoms with Gasteiger partial charge in [-0.05, 0) is 31.9 Å². The fourth-order valence-electron chi connectivity index (χ4n) is 2.06. The molecule has 0 radical (unpaired) electrons. The van der Waals surface area contributed by atoms with Gasteiger partial charge in [-0.2, -0.15) is 0 Å². The first kappa shape index (κ1) is 11.9. The predicted molar refractivity (Wildman–Crippen MR) is 70.2 cm³/mol. The van der Waals surface area contributed by atoms with Crippen LogP contribution in [0.3, 0.4) is 0 Å². The Morgan fingerprint density at radius 2 is 2.00 bits per heavy atom. The number of para-hydroxylation sites is 2. The largest absolute Gasteiger partial charge is 0.370 e. The normalized spacial score (nSPS) is 16.9. The summed E-state index contributed by atoms with van der Waals surface area (Å²) < 4.78 is 0. The van der Waals surface area contributed by atoms with Crippen molar-refractivity contribution < 1.29 is 4.79 Å². The van der Waals surface area contributed by atoms with Gasteiger partial charge >= 0.3 is 0 Å². The number of nitrogens with one attached hydrogen (secondary N) is 1. The zero-order chi connectivity index (χ0) is 12.3. The van der Waals surface area contributed by atoms with Gasteiger partial charge in [-0.15, -0.1) is 0 Å². The van der Waals surface area contributed by atoms with Crippen molar-refractivity contribution in [1.29, 1.82) is 0 Å². The van der Waals surface area contributed by atoms with Crippen molar-refractivity contribution in [3.63, 3.8) is 0 Å². The number of carbonyl (C=O) groups excluding carboxylic acids is 1. The number of rotatable bonds is 3. The molecule has 4 heteroatoms. The molecule has 0 aromatic heterocycles. The summed E-state index contributed by atoms with van der Waals surface area (Å²) in [6.07, 6.45) is 2.44. The van der Waals surface area contributed by atoms with Crippen molar-refractivity contribution in [2.75, 3.05) is 23.3 Å². The molecule has 17 heavy (non-hydrogen) atoms. The summed E-state index contributed by atoms with van der Waals surface area (Å²) in [7, 11) is 0. The van der Waals surface area contributed by atoms with E-state index in [2.05, 4.69) is 10.2 Å². The predicted octanol–water partition coefficient (Wildman–Crippen LogP) is 1.57. The van der Waals surface area contributed by atoms with E-state index in [1.165, 1.54) is 12.8 Å². The number of nitrogens with zero attached hydrogens (tertiary/aromatic N) is 1. The second-order valence-corrected chi connectivity index (χ2v) is 4.49. The molecule has 0 spiro atoms. The van der Waals surface area contributed by atoms with Gasteiger partial charge in [0.05, 0.1) is 17.4 Å². The Hall–Kier alpha value is -1.55. The van der Waals surface area contributed by atoms with E-state index >= 15 is 0 Å². The Labute approximate surface area is 102 Å². The van der Waals surface area contributed by atoms with Crippen LogP contribution in [0, 0.1) is 0 Å². The van der Waals surface area contributed by atoms with Crippen LogP contribution in [0.4, 0.5) is 11.4 Å². The Morgan fingerprint density at radius 1 is 1.35 bits per heavy atom. The molecular formula is C13H19N3O. The highest BCUT2D eigenvalue weighted by Crippen LogP contribution is 2.28. The standard InChI is InChI=1S/C13H19N3O/c1-10(14)13(17)15-11-6-2-3-7-12(11)16-8-4-5-9-16/h2-3,6-7,10H,4-5,8-9,14H2,1H3,(H,15,17)/t10-/m1/s1. The summed E-state index contributed by atoms with van der Waals surface area (Å²) >= 11 is 0. The first-order valence-electron chi connectivity index (χ1n) is 6.09. The third kappa shape index (κ3) is 2.77. The van der Waals surface area contributed by atoms with E-state index in [0.29, 0.717) is 0 Å². The third-order valence-electron chi connectivity index (χ3n) is 3.02. The van der Waals surface area contributed by atoms with E-state index in [4.69, 9.17) is 5.73 Å². The summed E-state index contributed by atoms with van der Waals surface area (Å²) in [4.78, 5) is 13.9. The molecule has 3 N–H and O–H groups in total. The zero-order valence-electron chi connectivity index (χ0n) is 10.1. The molecule has 1 aromatic rings. The van der Waals surface area contributed by atoms with Crippen LogP contribution in [-0.4, -0.2) is 25.0 Å². The molecule has 1 aromatic carbocycles. The maximum Gasteiger partial charge on any atom is 0.241 e. The molecule has 4 nitrogen and oxygen atoms in total. The van der Waals surface area contributed by atoms with Crippen molar-refractivity contribution in [1.82, 2.24) is 0 Å². The molecule has 1 fully saturated rings. The third-order valence-corrected chi connectivity index (χ3v) is 3.02. The van der Waals surface area contributed by atoms with Crippen LogP contribution in [-0.2, 0) is 4.79 Å². The van der Waals surface area contributed by atoms with E-state index in [0.717, 1.165) is 24.5 Å². The highest BCUT2D eigenvalue weighted by molar-refractivity contribution is 5.97. The maximum absolute atomic E-state index is 11.6. The van der Waals surface area contributed by atoms with Crippen molar-refractivity contribution in [2.45, 2.75) is 25.8 Å². The molecule has 1 heterocycles. The van der Waals surface area contributed by atoms with Crippen LogP contribution in [0.5, 0.6) is 0 Å². The molecular weight excluding hydrogens is 214 g/mol. The number of carbonyl (C=O) groups is 1. The lowest BCUT2D eigenvalue weighted by Gasteiger charge is -2.21. The molecule has 1 saturated heterocycles. The highest BCUT2D eigenvalue weighted by atomic mass is 16.2. The minimum Gasteiger partial charge on any atom is -0.370 e. The molecule has 1 aliphatic heterocycles. The van der Waals surface area contributed by atoms with Crippen LogP contribution < -0.4 is 16.0 Å². The van der Waals surface area contributed by atoms with Gasteiger partial charge < -0.3 is 16.0 Å². The van der Waals surface area contributed by atoms with Gasteiger partial charge in [-0.25, -0.2) is 0 Å². The molecule has 0 unspecified atom stereocenters. The minimum absolute atomic E-state index is 0.142. The van der Waals surface area contributed by atoms with Crippen LogP contribution in [0.15, 0.2) is 24.3 Å². The minimum atomic E-state index is -0.485. The molecule has 92 valence electrons. The highest BCUT2D eigenvalue weighted by Gasteiger charge is 2.17. The first-order chi connectivity index (χ1) is 8.18. The van der Waals surface area contributed by atoms with Gasteiger partial charge in [-0.1, -0.05) is 12.1 Å². The monoisotopic (exact) mass is 233 g/mol. The topological polar surface area (TPSA) is 58.4 Å². The number of benzene rings is 1. The summed E-state index contributed by atoms with van der Waals surface area (Å²) in [5.74, 6) is -0.142. The van der Waals surface area contributed by atoms with E-state index in [-0.39, 0.29) is 5.91 Å². The average molecular weight is 233 g/mol. The Bertz CT molecular complexity index is 397. The Kier molecular flexibility index (Phi) is 3.64. The quantitative estimate of drug-likeness (QED) is 0.833. The second kappa shape index (κ2) is 5.19. The molecule has 1 aliphatic rings. The average Bonchev–Trinajstić information content (AvgIpc) is 2.83. The lowest BCUT2D eigenvalue weighted by Crippen LogP contribution is -2.33. The van der Waals surface area contributed by atoms with E-state index in [1.807, 2.05) is 24.3 Å². The van der Waals surface area contributed by atoms with Crippen LogP contribution in [0.1, 0.15) is 19.8 Å². The molecule has 2 rings (SSSR count). The van der Waals surface area contributed by atoms with Gasteiger partial charge in [0.25, 0.3) is 0 Å². The molecule has 1 amide bonds. The van der Waals surface area contributed by atoms with Crippen LogP contribution in [0.2, 0.25) is 0 Å². The summed E-state index contributed by atoms with van der Waals surface area (Å²) in [5.41, 5.74) is 7.52. The fraction of sp³-hybridized carbons (Fsp3) is 0.462. The molecule has 1 atom stereocenters. The Balaban J connectivity index is 2.18. The van der Waals surface area contributed by atoms with E-state index in [9.17, 15) is 4.79 Å². The summed E-state index contributed by atoms with van der Waals surface area (Å²) in [6, 6.07) is 7.41. The van der Waals surface area contributed by atoms with Crippen molar-refractivity contribution >= 4 is 17.3 Å². The number of hydrogen-bond acceptors (Lipinski definition) is 3. The Morgan fingerprint density at radius 3 is 2.65 bits per heavy atom. The lowest BCUT2D eigenvalue weighted by atomic mass is 10.2. The zero-order valence-corrected chi connectivity index (χ0v) is 10.1. The summed E-state index contributed by atoms with van der Waals surface area (Å²) in [6.45, 7) is 3.81. The van der Waals surface area contributed by atoms with Gasteiger partial charge in [0.15, 0.2) is 0 Å². The molecule has 0 aliphatic carbocycles. The smallest absolute Gasteiger partial charge is 0.241 e. The van der Waals surface area contributed by atoms with E-state index < -0.39 is 6.04 Å². The number of anilines is 2. The number of nitrogens with two attached hydrogens (primary N) is 1. The second-order valence-electron chi connectivity index (χ2n) is 4.49. The number of amides is 1. The SMILES string of the molecule is C[C@@H](N)C(=O)Nc1ccccc1N1CCCC1. The van der Waals surface area contributed by atoms with Crippen molar-refractivity contribution in [2.24, 2.45) is 5.73 Å². The van der Waals surface area contributed by atoms with E-state index in [1.54, 1.807) is 6.92 Å². The van der Waals surface area contributed by atoms with Crippen molar-refractivity contribution in [3.05, 3.63) is 24.3 Å². The van der Waals surface area contributed by atoms with Crippen LogP contribution >= 0.6 is 0 Å². The van der Waals surface area contributed by atoms with Crippen LogP contribution in [0.25, 0.3) is 0 Å². The van der Waals surface area contributed by atoms with Gasteiger partial charge in [0, 0.05) is 13.1 Å². The van der Waals surface area contributed by atoms with Crippen molar-refractivity contribution in [3.8, 4) is 0 Å². The van der Waals surface area contributed by atoms with Gasteiger partial charge in [-0.3, -0.25) is 4.79 Å². The molecule has 0 bridgehead atoms. The maximum atomic E-state index is 11.6. The lowest BCUT2D eigenvalue weighted by molar-refractivity contribution is -0.117. The van der Waals surface area contributed by atoms with Gasteiger partial charge in [0.2, 0.25) is 5.91 Å². The summed E-state index contributed by atoms with van der Waals surface area (Å²) in [5, 5.41) is 2.88. The van der Waals surface area contributed by atoms with Gasteiger partial charge in [0.1, 0.15) is 0 Å². The first-order valence-corrected chi connectivity index (χ1v) is 6.09. The molecule has 0 saturated carbocycles.